The molecule has 0 aliphatic heterocycles. The van der Waals surface area contributed by atoms with Crippen LogP contribution in [0.5, 0.6) is 5.75 Å². The van der Waals surface area contributed by atoms with Gasteiger partial charge >= 0.3 is 11.7 Å². The summed E-state index contributed by atoms with van der Waals surface area (Å²) in [5.41, 5.74) is -0.103. The highest BCUT2D eigenvalue weighted by atomic mass is 32.2. The van der Waals surface area contributed by atoms with Gasteiger partial charge < -0.3 is 9.47 Å². The van der Waals surface area contributed by atoms with Gasteiger partial charge in [-0.3, -0.25) is 10.1 Å². The third-order valence-electron chi connectivity index (χ3n) is 2.28. The van der Waals surface area contributed by atoms with E-state index < -0.39 is 10.9 Å². The summed E-state index contributed by atoms with van der Waals surface area (Å²) >= 11 is 1.65. The van der Waals surface area contributed by atoms with Crippen molar-refractivity contribution in [2.75, 3.05) is 25.2 Å². The number of nitro benzene ring substituents is 1. The molecule has 0 spiro atoms. The zero-order valence-electron chi connectivity index (χ0n) is 10.8. The fourth-order valence-electron chi connectivity index (χ4n) is 1.38. The Labute approximate surface area is 115 Å². The fourth-order valence-corrected chi connectivity index (χ4v) is 1.87. The molecule has 0 atom stereocenters. The highest BCUT2D eigenvalue weighted by Crippen LogP contribution is 2.27. The lowest BCUT2D eigenvalue weighted by Crippen LogP contribution is -2.08. The summed E-state index contributed by atoms with van der Waals surface area (Å²) in [7, 11) is 1.34. The first-order valence-electron chi connectivity index (χ1n) is 5.67. The van der Waals surface area contributed by atoms with Gasteiger partial charge in [-0.15, -0.1) is 0 Å². The standard InChI is InChI=1S/C12H15NO5S/c1-3-19-7-6-18-12(14)9-4-5-11(17-2)10(8-9)13(15)16/h4-5,8H,3,6-7H2,1-2H3. The summed E-state index contributed by atoms with van der Waals surface area (Å²) in [6.07, 6.45) is 0. The molecule has 0 saturated carbocycles. The molecule has 104 valence electrons. The van der Waals surface area contributed by atoms with E-state index in [0.29, 0.717) is 5.75 Å². The first-order valence-corrected chi connectivity index (χ1v) is 6.83. The van der Waals surface area contributed by atoms with Crippen molar-refractivity contribution in [3.63, 3.8) is 0 Å². The summed E-state index contributed by atoms with van der Waals surface area (Å²) in [6, 6.07) is 3.99. The van der Waals surface area contributed by atoms with Crippen LogP contribution in [0.3, 0.4) is 0 Å². The molecule has 0 N–H and O–H groups in total. The Morgan fingerprint density at radius 1 is 1.47 bits per heavy atom. The van der Waals surface area contributed by atoms with Crippen molar-refractivity contribution >= 4 is 23.4 Å². The number of methoxy groups -OCH3 is 1. The molecule has 7 heteroatoms. The van der Waals surface area contributed by atoms with Crippen LogP contribution in [0.4, 0.5) is 5.69 Å². The van der Waals surface area contributed by atoms with Crippen molar-refractivity contribution in [2.24, 2.45) is 0 Å². The Morgan fingerprint density at radius 2 is 2.21 bits per heavy atom. The minimum atomic E-state index is -0.595. The second-order valence-electron chi connectivity index (χ2n) is 3.48. The minimum Gasteiger partial charge on any atom is -0.490 e. The molecule has 0 bridgehead atoms. The number of nitrogens with zero attached hydrogens (tertiary/aromatic N) is 1. The van der Waals surface area contributed by atoms with Crippen molar-refractivity contribution in [3.8, 4) is 5.75 Å². The number of benzene rings is 1. The number of esters is 1. The number of carbonyl (C=O) groups is 1. The summed E-state index contributed by atoms with van der Waals surface area (Å²) in [4.78, 5) is 21.9. The maximum atomic E-state index is 11.7. The predicted molar refractivity (Wildman–Crippen MR) is 72.9 cm³/mol. The van der Waals surface area contributed by atoms with Crippen LogP contribution >= 0.6 is 11.8 Å². The molecule has 0 aliphatic rings. The molecule has 0 aromatic heterocycles. The average molecular weight is 285 g/mol. The zero-order chi connectivity index (χ0) is 14.3. The first kappa shape index (κ1) is 15.3. The summed E-state index contributed by atoms with van der Waals surface area (Å²) in [5, 5.41) is 10.8. The Kier molecular flexibility index (Phi) is 6.14. The van der Waals surface area contributed by atoms with E-state index >= 15 is 0 Å². The lowest BCUT2D eigenvalue weighted by Gasteiger charge is -2.06. The molecule has 0 amide bonds. The van der Waals surface area contributed by atoms with Crippen molar-refractivity contribution in [1.29, 1.82) is 0 Å². The molecule has 0 radical (unpaired) electrons. The summed E-state index contributed by atoms with van der Waals surface area (Å²) in [5.74, 6) is 1.21. The number of hydrogen-bond donors (Lipinski definition) is 0. The first-order chi connectivity index (χ1) is 9.10. The van der Waals surface area contributed by atoms with Crippen LogP contribution in [0.15, 0.2) is 18.2 Å². The summed E-state index contributed by atoms with van der Waals surface area (Å²) in [6.45, 7) is 2.30. The van der Waals surface area contributed by atoms with E-state index in [1.807, 2.05) is 6.92 Å². The van der Waals surface area contributed by atoms with Crippen molar-refractivity contribution < 1.29 is 19.2 Å². The smallest absolute Gasteiger partial charge is 0.338 e. The fraction of sp³-hybridized carbons (Fsp3) is 0.417. The number of hydrogen-bond acceptors (Lipinski definition) is 6. The van der Waals surface area contributed by atoms with E-state index in [9.17, 15) is 14.9 Å². The Hall–Kier alpha value is -1.76. The monoisotopic (exact) mass is 285 g/mol. The molecule has 0 fully saturated rings. The van der Waals surface area contributed by atoms with E-state index in [1.54, 1.807) is 11.8 Å². The maximum absolute atomic E-state index is 11.7. The number of thioether (sulfide) groups is 1. The van der Waals surface area contributed by atoms with E-state index in [-0.39, 0.29) is 23.6 Å². The van der Waals surface area contributed by atoms with Gasteiger partial charge in [0.05, 0.1) is 17.6 Å². The van der Waals surface area contributed by atoms with Gasteiger partial charge in [0.1, 0.15) is 6.61 Å². The summed E-state index contributed by atoms with van der Waals surface area (Å²) < 4.78 is 9.87. The van der Waals surface area contributed by atoms with Crippen LogP contribution < -0.4 is 4.74 Å². The van der Waals surface area contributed by atoms with Crippen molar-refractivity contribution in [1.82, 2.24) is 0 Å². The third-order valence-corrected chi connectivity index (χ3v) is 3.14. The lowest BCUT2D eigenvalue weighted by molar-refractivity contribution is -0.385. The second kappa shape index (κ2) is 7.63. The minimum absolute atomic E-state index is 0.114. The van der Waals surface area contributed by atoms with Crippen LogP contribution in [0.1, 0.15) is 17.3 Å². The molecule has 1 rings (SSSR count). The largest absolute Gasteiger partial charge is 0.490 e. The number of carbonyl (C=O) groups excluding carboxylic acids is 1. The number of rotatable bonds is 7. The Balaban J connectivity index is 2.75. The van der Waals surface area contributed by atoms with E-state index in [1.165, 1.54) is 19.2 Å². The molecule has 19 heavy (non-hydrogen) atoms. The molecular formula is C12H15NO5S. The van der Waals surface area contributed by atoms with Gasteiger partial charge in [0.2, 0.25) is 0 Å². The molecule has 0 heterocycles. The van der Waals surface area contributed by atoms with Gasteiger partial charge in [-0.05, 0) is 17.9 Å². The molecule has 0 saturated heterocycles. The van der Waals surface area contributed by atoms with Crippen LogP contribution in [-0.2, 0) is 4.74 Å². The van der Waals surface area contributed by atoms with E-state index in [4.69, 9.17) is 9.47 Å². The van der Waals surface area contributed by atoms with Crippen molar-refractivity contribution in [3.05, 3.63) is 33.9 Å². The molecule has 1 aromatic carbocycles. The van der Waals surface area contributed by atoms with Gasteiger partial charge in [-0.1, -0.05) is 6.92 Å². The van der Waals surface area contributed by atoms with Gasteiger partial charge in [-0.25, -0.2) is 4.79 Å². The number of nitro groups is 1. The normalized spacial score (nSPS) is 10.0. The van der Waals surface area contributed by atoms with Crippen LogP contribution in [0.25, 0.3) is 0 Å². The highest BCUT2D eigenvalue weighted by Gasteiger charge is 2.18. The van der Waals surface area contributed by atoms with Crippen LogP contribution in [-0.4, -0.2) is 36.1 Å². The quantitative estimate of drug-likeness (QED) is 0.331. The molecule has 0 aliphatic carbocycles. The van der Waals surface area contributed by atoms with E-state index in [0.717, 1.165) is 11.8 Å². The second-order valence-corrected chi connectivity index (χ2v) is 4.87. The number of ether oxygens (including phenoxy) is 2. The van der Waals surface area contributed by atoms with Gasteiger partial charge in [0.25, 0.3) is 0 Å². The van der Waals surface area contributed by atoms with E-state index in [2.05, 4.69) is 0 Å². The average Bonchev–Trinajstić information content (AvgIpc) is 2.42. The van der Waals surface area contributed by atoms with Crippen LogP contribution in [0, 0.1) is 10.1 Å². The molecular weight excluding hydrogens is 270 g/mol. The van der Waals surface area contributed by atoms with Crippen molar-refractivity contribution in [2.45, 2.75) is 6.92 Å². The van der Waals surface area contributed by atoms with Gasteiger partial charge in [0, 0.05) is 11.8 Å². The topological polar surface area (TPSA) is 78.7 Å². The van der Waals surface area contributed by atoms with Gasteiger partial charge in [0.15, 0.2) is 5.75 Å². The molecule has 6 nitrogen and oxygen atoms in total. The van der Waals surface area contributed by atoms with Gasteiger partial charge in [-0.2, -0.15) is 11.8 Å². The highest BCUT2D eigenvalue weighted by molar-refractivity contribution is 7.99. The zero-order valence-corrected chi connectivity index (χ0v) is 11.6. The lowest BCUT2D eigenvalue weighted by atomic mass is 10.2. The van der Waals surface area contributed by atoms with Crippen LogP contribution in [0.2, 0.25) is 0 Å². The third kappa shape index (κ3) is 4.44. The maximum Gasteiger partial charge on any atom is 0.338 e. The molecule has 1 aromatic rings. The SMILES string of the molecule is CCSCCOC(=O)c1ccc(OC)c([N+](=O)[O-])c1. The Morgan fingerprint density at radius 3 is 2.79 bits per heavy atom. The molecule has 0 unspecified atom stereocenters. The predicted octanol–water partition coefficient (Wildman–Crippen LogP) is 2.51. The Bertz CT molecular complexity index is 463.